The molecule has 0 unspecified atom stereocenters. The molecular weight excluding hydrogens is 216 g/mol. The second-order valence-electron chi connectivity index (χ2n) is 3.65. The van der Waals surface area contributed by atoms with Crippen LogP contribution in [0.15, 0.2) is 30.5 Å². The highest BCUT2D eigenvalue weighted by Gasteiger charge is 2.06. The number of nitrogens with one attached hydrogen (secondary N) is 1. The summed E-state index contributed by atoms with van der Waals surface area (Å²) in [6.07, 6.45) is 1.87. The van der Waals surface area contributed by atoms with Crippen molar-refractivity contribution in [2.75, 3.05) is 17.7 Å². The van der Waals surface area contributed by atoms with E-state index in [0.717, 1.165) is 11.5 Å². The lowest BCUT2D eigenvalue weighted by Gasteiger charge is -2.11. The van der Waals surface area contributed by atoms with Crippen LogP contribution in [0.4, 0.5) is 17.2 Å². The van der Waals surface area contributed by atoms with Gasteiger partial charge < -0.3 is 15.8 Å². The summed E-state index contributed by atoms with van der Waals surface area (Å²) in [7, 11) is 1.87. The average molecular weight is 232 g/mol. The van der Waals surface area contributed by atoms with Gasteiger partial charge in [-0.3, -0.25) is 4.68 Å². The second kappa shape index (κ2) is 4.78. The Bertz CT molecular complexity index is 507. The number of ether oxygens (including phenoxy) is 1. The SMILES string of the molecule is CCOc1cccc(Nc2ccn(C)n2)c1N. The maximum absolute atomic E-state index is 6.00. The van der Waals surface area contributed by atoms with Crippen molar-refractivity contribution in [3.63, 3.8) is 0 Å². The van der Waals surface area contributed by atoms with Gasteiger partial charge in [0.25, 0.3) is 0 Å². The molecule has 0 bridgehead atoms. The van der Waals surface area contributed by atoms with Crippen LogP contribution in [0.2, 0.25) is 0 Å². The van der Waals surface area contributed by atoms with Crippen molar-refractivity contribution >= 4 is 17.2 Å². The third-order valence-corrected chi connectivity index (χ3v) is 2.34. The lowest BCUT2D eigenvalue weighted by molar-refractivity contribution is 0.342. The molecule has 5 nitrogen and oxygen atoms in total. The summed E-state index contributed by atoms with van der Waals surface area (Å²) < 4.78 is 7.16. The fourth-order valence-corrected chi connectivity index (χ4v) is 1.55. The van der Waals surface area contributed by atoms with Crippen molar-refractivity contribution in [2.24, 2.45) is 7.05 Å². The van der Waals surface area contributed by atoms with Gasteiger partial charge in [-0.05, 0) is 19.1 Å². The Hall–Kier alpha value is -2.17. The quantitative estimate of drug-likeness (QED) is 0.793. The number of aryl methyl sites for hydroxylation is 1. The van der Waals surface area contributed by atoms with E-state index in [1.807, 2.05) is 44.4 Å². The molecule has 0 aliphatic rings. The van der Waals surface area contributed by atoms with Crippen LogP contribution in [0.5, 0.6) is 5.75 Å². The molecule has 90 valence electrons. The van der Waals surface area contributed by atoms with Crippen LogP contribution in [0, 0.1) is 0 Å². The van der Waals surface area contributed by atoms with Gasteiger partial charge in [0.15, 0.2) is 5.82 Å². The van der Waals surface area contributed by atoms with Gasteiger partial charge in [0.05, 0.1) is 18.0 Å². The number of para-hydroxylation sites is 1. The number of hydrogen-bond donors (Lipinski definition) is 2. The van der Waals surface area contributed by atoms with Crippen molar-refractivity contribution in [1.82, 2.24) is 9.78 Å². The Morgan fingerprint density at radius 1 is 1.41 bits per heavy atom. The topological polar surface area (TPSA) is 65.1 Å². The molecule has 0 aliphatic carbocycles. The van der Waals surface area contributed by atoms with E-state index >= 15 is 0 Å². The van der Waals surface area contributed by atoms with Crippen LogP contribution in [-0.2, 0) is 7.05 Å². The van der Waals surface area contributed by atoms with Gasteiger partial charge in [0.2, 0.25) is 0 Å². The average Bonchev–Trinajstić information content (AvgIpc) is 2.70. The van der Waals surface area contributed by atoms with Crippen molar-refractivity contribution in [3.8, 4) is 5.75 Å². The summed E-state index contributed by atoms with van der Waals surface area (Å²) in [4.78, 5) is 0. The van der Waals surface area contributed by atoms with Crippen LogP contribution in [0.1, 0.15) is 6.92 Å². The van der Waals surface area contributed by atoms with Crippen LogP contribution in [-0.4, -0.2) is 16.4 Å². The summed E-state index contributed by atoms with van der Waals surface area (Å²) in [5, 5.41) is 7.39. The number of hydrogen-bond acceptors (Lipinski definition) is 4. The van der Waals surface area contributed by atoms with E-state index in [9.17, 15) is 0 Å². The van der Waals surface area contributed by atoms with E-state index in [-0.39, 0.29) is 0 Å². The monoisotopic (exact) mass is 232 g/mol. The summed E-state index contributed by atoms with van der Waals surface area (Å²) in [6, 6.07) is 7.52. The number of nitrogens with zero attached hydrogens (tertiary/aromatic N) is 2. The predicted octanol–water partition coefficient (Wildman–Crippen LogP) is 2.14. The molecule has 1 heterocycles. The highest BCUT2D eigenvalue weighted by Crippen LogP contribution is 2.30. The molecule has 0 aliphatic heterocycles. The summed E-state index contributed by atoms with van der Waals surface area (Å²) in [5.74, 6) is 1.45. The molecule has 0 atom stereocenters. The normalized spacial score (nSPS) is 10.2. The number of rotatable bonds is 4. The highest BCUT2D eigenvalue weighted by molar-refractivity contribution is 5.76. The predicted molar refractivity (Wildman–Crippen MR) is 68.5 cm³/mol. The summed E-state index contributed by atoms with van der Waals surface area (Å²) >= 11 is 0. The van der Waals surface area contributed by atoms with Crippen molar-refractivity contribution in [1.29, 1.82) is 0 Å². The first-order valence-corrected chi connectivity index (χ1v) is 5.48. The molecule has 0 saturated carbocycles. The maximum atomic E-state index is 6.00. The fraction of sp³-hybridized carbons (Fsp3) is 0.250. The Labute approximate surface area is 100 Å². The lowest BCUT2D eigenvalue weighted by atomic mass is 10.2. The first-order valence-electron chi connectivity index (χ1n) is 5.48. The van der Waals surface area contributed by atoms with Gasteiger partial charge in [-0.25, -0.2) is 0 Å². The van der Waals surface area contributed by atoms with E-state index in [1.165, 1.54) is 0 Å². The number of anilines is 3. The van der Waals surface area contributed by atoms with E-state index < -0.39 is 0 Å². The van der Waals surface area contributed by atoms with Gasteiger partial charge in [-0.15, -0.1) is 0 Å². The van der Waals surface area contributed by atoms with Gasteiger partial charge in [-0.1, -0.05) is 6.07 Å². The minimum Gasteiger partial charge on any atom is -0.492 e. The Balaban J connectivity index is 2.23. The molecule has 17 heavy (non-hydrogen) atoms. The zero-order valence-corrected chi connectivity index (χ0v) is 9.97. The molecule has 1 aromatic heterocycles. The molecule has 3 N–H and O–H groups in total. The van der Waals surface area contributed by atoms with Gasteiger partial charge in [0.1, 0.15) is 5.75 Å². The molecular formula is C12H16N4O. The molecule has 0 saturated heterocycles. The number of nitrogens with two attached hydrogens (primary N) is 1. The minimum atomic E-state index is 0.594. The lowest BCUT2D eigenvalue weighted by Crippen LogP contribution is -2.01. The van der Waals surface area contributed by atoms with Gasteiger partial charge >= 0.3 is 0 Å². The van der Waals surface area contributed by atoms with E-state index in [0.29, 0.717) is 18.0 Å². The smallest absolute Gasteiger partial charge is 0.152 e. The molecule has 0 spiro atoms. The van der Waals surface area contributed by atoms with Crippen molar-refractivity contribution in [3.05, 3.63) is 30.5 Å². The molecule has 2 rings (SSSR count). The van der Waals surface area contributed by atoms with E-state index in [1.54, 1.807) is 4.68 Å². The van der Waals surface area contributed by atoms with Crippen LogP contribution in [0.3, 0.4) is 0 Å². The zero-order valence-electron chi connectivity index (χ0n) is 9.97. The first kappa shape index (κ1) is 11.3. The second-order valence-corrected chi connectivity index (χ2v) is 3.65. The third-order valence-electron chi connectivity index (χ3n) is 2.34. The summed E-state index contributed by atoms with van der Waals surface area (Å²) in [5.41, 5.74) is 7.40. The first-order chi connectivity index (χ1) is 8.20. The number of benzene rings is 1. The Morgan fingerprint density at radius 2 is 2.24 bits per heavy atom. The van der Waals surface area contributed by atoms with Crippen LogP contribution < -0.4 is 15.8 Å². The van der Waals surface area contributed by atoms with E-state index in [4.69, 9.17) is 10.5 Å². The molecule has 5 heteroatoms. The van der Waals surface area contributed by atoms with Gasteiger partial charge in [-0.2, -0.15) is 5.10 Å². The summed E-state index contributed by atoms with van der Waals surface area (Å²) in [6.45, 7) is 2.52. The Kier molecular flexibility index (Phi) is 3.18. The fourth-order valence-electron chi connectivity index (χ4n) is 1.55. The number of aromatic nitrogens is 2. The largest absolute Gasteiger partial charge is 0.492 e. The standard InChI is InChI=1S/C12H16N4O/c1-3-17-10-6-4-5-9(12(10)13)14-11-7-8-16(2)15-11/h4-8H,3,13H2,1-2H3,(H,14,15). The van der Waals surface area contributed by atoms with Crippen molar-refractivity contribution < 1.29 is 4.74 Å². The minimum absolute atomic E-state index is 0.594. The van der Waals surface area contributed by atoms with Crippen LogP contribution >= 0.6 is 0 Å². The Morgan fingerprint density at radius 3 is 2.88 bits per heavy atom. The maximum Gasteiger partial charge on any atom is 0.152 e. The molecule has 0 fully saturated rings. The third kappa shape index (κ3) is 2.50. The number of nitrogen functional groups attached to an aromatic ring is 1. The van der Waals surface area contributed by atoms with Gasteiger partial charge in [0, 0.05) is 19.3 Å². The molecule has 1 aromatic carbocycles. The molecule has 0 amide bonds. The highest BCUT2D eigenvalue weighted by atomic mass is 16.5. The van der Waals surface area contributed by atoms with Crippen molar-refractivity contribution in [2.45, 2.75) is 6.92 Å². The molecule has 2 aromatic rings. The molecule has 0 radical (unpaired) electrons. The van der Waals surface area contributed by atoms with E-state index in [2.05, 4.69) is 10.4 Å². The zero-order chi connectivity index (χ0) is 12.3. The van der Waals surface area contributed by atoms with Crippen LogP contribution in [0.25, 0.3) is 0 Å².